The maximum Gasteiger partial charge on any atom is 0.342 e. The molecule has 1 amide bonds. The molecule has 1 N–H and O–H groups in total. The molecule has 196 valence electrons. The number of rotatable bonds is 18. The number of allylic oxidation sites excluding steroid dienone is 7. The van der Waals surface area contributed by atoms with Crippen molar-refractivity contribution in [1.82, 2.24) is 5.48 Å². The smallest absolute Gasteiger partial charge is 0.308 e. The van der Waals surface area contributed by atoms with Gasteiger partial charge < -0.3 is 9.05 Å². The van der Waals surface area contributed by atoms with Crippen LogP contribution in [0.2, 0.25) is 0 Å². The van der Waals surface area contributed by atoms with Crippen molar-refractivity contribution in [2.24, 2.45) is 5.92 Å². The van der Waals surface area contributed by atoms with Gasteiger partial charge in [0.15, 0.2) is 0 Å². The quantitative estimate of drug-likeness (QED) is 0.0909. The fourth-order valence-electron chi connectivity index (χ4n) is 3.43. The van der Waals surface area contributed by atoms with Gasteiger partial charge in [-0.2, -0.15) is 0 Å². The van der Waals surface area contributed by atoms with Crippen LogP contribution in [0.15, 0.2) is 47.1 Å². The lowest BCUT2D eigenvalue weighted by Crippen LogP contribution is -2.33. The van der Waals surface area contributed by atoms with E-state index in [1.807, 2.05) is 13.0 Å². The Bertz CT molecular complexity index is 744. The molecule has 6 nitrogen and oxygen atoms in total. The molecule has 0 aromatic carbocycles. The van der Waals surface area contributed by atoms with Crippen LogP contribution >= 0.6 is 7.60 Å². The van der Waals surface area contributed by atoms with Crippen LogP contribution < -0.4 is 5.48 Å². The summed E-state index contributed by atoms with van der Waals surface area (Å²) in [6.07, 6.45) is 16.2. The number of carbonyl (C=O) groups is 1. The fourth-order valence-corrected chi connectivity index (χ4v) is 5.01. The lowest BCUT2D eigenvalue weighted by atomic mass is 10.00. The third-order valence-electron chi connectivity index (χ3n) is 5.39. The zero-order valence-corrected chi connectivity index (χ0v) is 23.6. The van der Waals surface area contributed by atoms with Gasteiger partial charge in [0, 0.05) is 0 Å². The van der Waals surface area contributed by atoms with Gasteiger partial charge in [0.05, 0.1) is 19.8 Å². The highest BCUT2D eigenvalue weighted by Gasteiger charge is 2.37. The third-order valence-corrected chi connectivity index (χ3v) is 7.81. The molecule has 7 heteroatoms. The zero-order valence-electron chi connectivity index (χ0n) is 22.7. The van der Waals surface area contributed by atoms with E-state index in [1.165, 1.54) is 23.6 Å². The van der Waals surface area contributed by atoms with Gasteiger partial charge in [-0.25, -0.2) is 5.48 Å². The molecule has 0 aliphatic heterocycles. The van der Waals surface area contributed by atoms with Gasteiger partial charge in [-0.15, -0.1) is 0 Å². The first-order valence-electron chi connectivity index (χ1n) is 12.5. The minimum atomic E-state index is -3.50. The summed E-state index contributed by atoms with van der Waals surface area (Å²) in [7, 11) is -3.50. The van der Waals surface area contributed by atoms with Crippen molar-refractivity contribution in [2.75, 3.05) is 19.8 Å². The van der Waals surface area contributed by atoms with E-state index < -0.39 is 19.2 Å². The van der Waals surface area contributed by atoms with E-state index in [0.717, 1.165) is 32.1 Å². The maximum absolute atomic E-state index is 12.7. The predicted molar refractivity (Wildman–Crippen MR) is 143 cm³/mol. The summed E-state index contributed by atoms with van der Waals surface area (Å²) in [6.45, 7) is 16.4. The van der Waals surface area contributed by atoms with Crippen LogP contribution in [-0.4, -0.2) is 31.4 Å². The Labute approximate surface area is 208 Å². The minimum absolute atomic E-state index is 0.206. The Kier molecular flexibility index (Phi) is 18.0. The van der Waals surface area contributed by atoms with Crippen molar-refractivity contribution in [2.45, 2.75) is 93.2 Å². The standard InChI is InChI=1S/C27H48NO5P/c1-9-14-24(6)21-25(7)18-13-16-22(4)15-12-17-23(5)19-20-31-28-27(29)26(8)34(30,32-10-2)33-11-3/h9,14-15,18-19,24,26H,10-13,16-17,20-21H2,1-8H3,(H,28,29)/b14-9?,22-15+,23-19+,25-18+. The minimum Gasteiger partial charge on any atom is -0.308 e. The molecule has 0 aliphatic carbocycles. The number of carbonyl (C=O) groups excluding carboxylic acids is 1. The Balaban J connectivity index is 4.32. The monoisotopic (exact) mass is 497 g/mol. The number of hydroxylamine groups is 1. The lowest BCUT2D eigenvalue weighted by Gasteiger charge is -2.22. The summed E-state index contributed by atoms with van der Waals surface area (Å²) in [5.41, 5.74) is 5.46. The van der Waals surface area contributed by atoms with E-state index in [-0.39, 0.29) is 19.8 Å². The highest BCUT2D eigenvalue weighted by molar-refractivity contribution is 7.55. The molecule has 0 bridgehead atoms. The lowest BCUT2D eigenvalue weighted by molar-refractivity contribution is -0.132. The van der Waals surface area contributed by atoms with Gasteiger partial charge in [0.2, 0.25) is 0 Å². The zero-order chi connectivity index (χ0) is 26.0. The first kappa shape index (κ1) is 32.5. The second-order valence-corrected chi connectivity index (χ2v) is 11.1. The van der Waals surface area contributed by atoms with Crippen LogP contribution in [0.25, 0.3) is 0 Å². The molecule has 0 aromatic rings. The Hall–Kier alpha value is -1.46. The molecule has 34 heavy (non-hydrogen) atoms. The molecule has 0 saturated carbocycles. The molecule has 0 fully saturated rings. The fraction of sp³-hybridized carbons (Fsp3) is 0.667. The van der Waals surface area contributed by atoms with Crippen LogP contribution in [0.4, 0.5) is 0 Å². The maximum atomic E-state index is 12.7. The molecule has 0 saturated heterocycles. The van der Waals surface area contributed by atoms with E-state index in [2.05, 4.69) is 57.5 Å². The van der Waals surface area contributed by atoms with Crippen molar-refractivity contribution in [1.29, 1.82) is 0 Å². The van der Waals surface area contributed by atoms with E-state index in [1.54, 1.807) is 13.8 Å². The average molecular weight is 498 g/mol. The summed E-state index contributed by atoms with van der Waals surface area (Å²) in [5, 5.41) is 0. The number of hydrogen-bond donors (Lipinski definition) is 1. The van der Waals surface area contributed by atoms with Gasteiger partial charge in [-0.3, -0.25) is 14.2 Å². The Morgan fingerprint density at radius 2 is 1.44 bits per heavy atom. The van der Waals surface area contributed by atoms with Crippen LogP contribution in [0, 0.1) is 5.92 Å². The van der Waals surface area contributed by atoms with E-state index in [4.69, 9.17) is 13.9 Å². The van der Waals surface area contributed by atoms with Gasteiger partial charge >= 0.3 is 7.60 Å². The summed E-state index contributed by atoms with van der Waals surface area (Å²) >= 11 is 0. The number of hydrogen-bond acceptors (Lipinski definition) is 5. The van der Waals surface area contributed by atoms with Crippen LogP contribution in [0.3, 0.4) is 0 Å². The van der Waals surface area contributed by atoms with Crippen LogP contribution in [-0.2, 0) is 23.2 Å². The van der Waals surface area contributed by atoms with Gasteiger partial charge in [-0.1, -0.05) is 54.0 Å². The molecule has 0 radical (unpaired) electrons. The molecule has 0 aromatic heterocycles. The van der Waals surface area contributed by atoms with Crippen molar-refractivity contribution < 1.29 is 23.2 Å². The molecule has 0 aliphatic rings. The average Bonchev–Trinajstić information content (AvgIpc) is 2.76. The predicted octanol–water partition coefficient (Wildman–Crippen LogP) is 7.69. The molecule has 2 atom stereocenters. The second-order valence-electron chi connectivity index (χ2n) is 8.76. The molecule has 0 rings (SSSR count). The summed E-state index contributed by atoms with van der Waals surface area (Å²) in [4.78, 5) is 17.5. The van der Waals surface area contributed by atoms with Gasteiger partial charge in [-0.05, 0) is 86.5 Å². The normalized spacial score (nSPS) is 15.6. The van der Waals surface area contributed by atoms with Crippen molar-refractivity contribution in [3.05, 3.63) is 47.1 Å². The van der Waals surface area contributed by atoms with E-state index in [9.17, 15) is 9.36 Å². The number of amides is 1. The van der Waals surface area contributed by atoms with Crippen LogP contribution in [0.5, 0.6) is 0 Å². The highest BCUT2D eigenvalue weighted by Crippen LogP contribution is 2.52. The van der Waals surface area contributed by atoms with Crippen molar-refractivity contribution in [3.8, 4) is 0 Å². The summed E-state index contributed by atoms with van der Waals surface area (Å²) in [5.74, 6) is 0.0793. The van der Waals surface area contributed by atoms with Gasteiger partial charge in [0.25, 0.3) is 5.91 Å². The van der Waals surface area contributed by atoms with Crippen molar-refractivity contribution in [3.63, 3.8) is 0 Å². The second kappa shape index (κ2) is 18.8. The summed E-state index contributed by atoms with van der Waals surface area (Å²) < 4.78 is 23.1. The first-order valence-corrected chi connectivity index (χ1v) is 14.1. The highest BCUT2D eigenvalue weighted by atomic mass is 31.2. The van der Waals surface area contributed by atoms with Crippen LogP contribution in [0.1, 0.15) is 87.5 Å². The summed E-state index contributed by atoms with van der Waals surface area (Å²) in [6, 6.07) is 0. The Morgan fingerprint density at radius 1 is 0.912 bits per heavy atom. The molecule has 0 spiro atoms. The largest absolute Gasteiger partial charge is 0.342 e. The number of nitrogens with one attached hydrogen (secondary N) is 1. The molecular formula is C27H48NO5P. The molecule has 0 heterocycles. The third kappa shape index (κ3) is 14.7. The topological polar surface area (TPSA) is 73.9 Å². The van der Waals surface area contributed by atoms with E-state index in [0.29, 0.717) is 5.92 Å². The Morgan fingerprint density at radius 3 is 1.97 bits per heavy atom. The molecule has 2 unspecified atom stereocenters. The van der Waals surface area contributed by atoms with Gasteiger partial charge in [0.1, 0.15) is 5.66 Å². The van der Waals surface area contributed by atoms with E-state index >= 15 is 0 Å². The van der Waals surface area contributed by atoms with Crippen molar-refractivity contribution >= 4 is 13.5 Å². The first-order chi connectivity index (χ1) is 16.1. The SMILES string of the molecule is CC=CC(C)C/C(C)=C/CC/C(C)=C/CC/C(C)=C/CONC(=O)C(C)P(=O)(OCC)OCC. The molecular weight excluding hydrogens is 449 g/mol.